The molecule has 1 aromatic carbocycles. The minimum Gasteiger partial charge on any atom is -0.497 e. The number of hydrogen-bond acceptors (Lipinski definition) is 4. The zero-order chi connectivity index (χ0) is 17.9. The molecule has 0 saturated carbocycles. The number of rotatable bonds is 7. The van der Waals surface area contributed by atoms with E-state index in [0.717, 1.165) is 18.6 Å². The van der Waals surface area contributed by atoms with Crippen molar-refractivity contribution in [3.63, 3.8) is 0 Å². The molecule has 0 saturated heterocycles. The van der Waals surface area contributed by atoms with Crippen molar-refractivity contribution in [1.29, 1.82) is 0 Å². The molecule has 0 radical (unpaired) electrons. The first-order chi connectivity index (χ1) is 10.8. The lowest BCUT2D eigenvalue weighted by atomic mass is 10.00. The van der Waals surface area contributed by atoms with Crippen LogP contribution in [-0.2, 0) is 0 Å². The van der Waals surface area contributed by atoms with E-state index in [-0.39, 0.29) is 0 Å². The summed E-state index contributed by atoms with van der Waals surface area (Å²) in [6.07, 6.45) is 5.38. The second-order valence-electron chi connectivity index (χ2n) is 5.60. The van der Waals surface area contributed by atoms with Crippen LogP contribution in [0.4, 0.5) is 0 Å². The fourth-order valence-electron chi connectivity index (χ4n) is 1.70. The molecule has 0 fully saturated rings. The summed E-state index contributed by atoms with van der Waals surface area (Å²) in [6, 6.07) is 5.40. The molecule has 4 nitrogen and oxygen atoms in total. The second-order valence-corrected chi connectivity index (χ2v) is 5.60. The highest BCUT2D eigenvalue weighted by atomic mass is 16.5. The van der Waals surface area contributed by atoms with Gasteiger partial charge in [0.1, 0.15) is 5.75 Å². The number of benzene rings is 1. The highest BCUT2D eigenvalue weighted by Crippen LogP contribution is 2.30. The highest BCUT2D eigenvalue weighted by molar-refractivity contribution is 5.45. The van der Waals surface area contributed by atoms with Gasteiger partial charge in [-0.15, -0.1) is 6.58 Å². The van der Waals surface area contributed by atoms with Gasteiger partial charge in [-0.05, 0) is 45.7 Å². The lowest BCUT2D eigenvalue weighted by Gasteiger charge is -2.16. The Kier molecular flexibility index (Phi) is 9.83. The maximum absolute atomic E-state index is 9.49. The van der Waals surface area contributed by atoms with Gasteiger partial charge in [-0.25, -0.2) is 0 Å². The topological polar surface area (TPSA) is 47.9 Å². The van der Waals surface area contributed by atoms with Crippen LogP contribution in [0.25, 0.3) is 0 Å². The Bertz CT molecular complexity index is 500. The standard InChI is InChI=1S/C10H18O.C9H12O3/c1-5-10(4,11)8-6-7-9(2)3;1-10-7-4-5-8(11-2)9(6-7)12-3/h5,7,11H,1,6,8H2,2-4H3;4-6H,1-3H3. The molecule has 0 heterocycles. The van der Waals surface area contributed by atoms with Crippen molar-refractivity contribution >= 4 is 0 Å². The average molecular weight is 322 g/mol. The van der Waals surface area contributed by atoms with Gasteiger partial charge in [0.05, 0.1) is 26.9 Å². The van der Waals surface area contributed by atoms with Gasteiger partial charge >= 0.3 is 0 Å². The van der Waals surface area contributed by atoms with E-state index in [1.165, 1.54) is 5.57 Å². The molecule has 1 atom stereocenters. The van der Waals surface area contributed by atoms with E-state index in [1.807, 2.05) is 6.07 Å². The zero-order valence-electron chi connectivity index (χ0n) is 15.2. The van der Waals surface area contributed by atoms with Crippen molar-refractivity contribution in [2.24, 2.45) is 0 Å². The Morgan fingerprint density at radius 3 is 2.17 bits per heavy atom. The summed E-state index contributed by atoms with van der Waals surface area (Å²) in [4.78, 5) is 0. The first-order valence-electron chi connectivity index (χ1n) is 7.55. The first kappa shape index (κ1) is 21.1. The van der Waals surface area contributed by atoms with Gasteiger partial charge in [0.2, 0.25) is 0 Å². The molecule has 0 bridgehead atoms. The van der Waals surface area contributed by atoms with Gasteiger partial charge in [0, 0.05) is 6.07 Å². The van der Waals surface area contributed by atoms with Gasteiger partial charge in [0.25, 0.3) is 0 Å². The lowest BCUT2D eigenvalue weighted by molar-refractivity contribution is 0.103. The molecule has 0 spiro atoms. The summed E-state index contributed by atoms with van der Waals surface area (Å²) >= 11 is 0. The molecular weight excluding hydrogens is 292 g/mol. The zero-order valence-corrected chi connectivity index (χ0v) is 15.2. The van der Waals surface area contributed by atoms with Crippen molar-refractivity contribution in [2.45, 2.75) is 39.2 Å². The molecule has 0 aliphatic carbocycles. The third-order valence-electron chi connectivity index (χ3n) is 3.23. The van der Waals surface area contributed by atoms with Crippen LogP contribution in [0.2, 0.25) is 0 Å². The van der Waals surface area contributed by atoms with E-state index in [1.54, 1.807) is 46.5 Å². The van der Waals surface area contributed by atoms with Crippen molar-refractivity contribution in [3.8, 4) is 17.2 Å². The third kappa shape index (κ3) is 8.94. The fourth-order valence-corrected chi connectivity index (χ4v) is 1.70. The summed E-state index contributed by atoms with van der Waals surface area (Å²) < 4.78 is 15.1. The Labute approximate surface area is 140 Å². The molecule has 1 unspecified atom stereocenters. The van der Waals surface area contributed by atoms with Gasteiger partial charge < -0.3 is 19.3 Å². The smallest absolute Gasteiger partial charge is 0.164 e. The first-order valence-corrected chi connectivity index (χ1v) is 7.55. The molecule has 0 amide bonds. The predicted octanol–water partition coefficient (Wildman–Crippen LogP) is 4.38. The number of allylic oxidation sites excluding steroid dienone is 2. The van der Waals surface area contributed by atoms with Crippen LogP contribution in [0, 0.1) is 0 Å². The lowest BCUT2D eigenvalue weighted by Crippen LogP contribution is -2.19. The van der Waals surface area contributed by atoms with Crippen LogP contribution in [0.1, 0.15) is 33.6 Å². The summed E-state index contributed by atoms with van der Waals surface area (Å²) in [5.41, 5.74) is 0.594. The second kappa shape index (κ2) is 10.7. The minimum atomic E-state index is -0.702. The van der Waals surface area contributed by atoms with E-state index in [0.29, 0.717) is 11.5 Å². The molecule has 0 aliphatic rings. The van der Waals surface area contributed by atoms with Gasteiger partial charge in [-0.3, -0.25) is 0 Å². The van der Waals surface area contributed by atoms with E-state index in [4.69, 9.17) is 14.2 Å². The molecule has 1 N–H and O–H groups in total. The highest BCUT2D eigenvalue weighted by Gasteiger charge is 2.12. The van der Waals surface area contributed by atoms with Crippen molar-refractivity contribution in [1.82, 2.24) is 0 Å². The van der Waals surface area contributed by atoms with Gasteiger partial charge in [0.15, 0.2) is 11.5 Å². The van der Waals surface area contributed by atoms with E-state index >= 15 is 0 Å². The molecule has 1 aromatic rings. The largest absolute Gasteiger partial charge is 0.497 e. The minimum absolute atomic E-state index is 0.678. The summed E-state index contributed by atoms with van der Waals surface area (Å²) in [5, 5.41) is 9.49. The molecular formula is C19H30O4. The molecule has 4 heteroatoms. The number of ether oxygens (including phenoxy) is 3. The van der Waals surface area contributed by atoms with Crippen LogP contribution in [-0.4, -0.2) is 32.0 Å². The van der Waals surface area contributed by atoms with E-state index in [2.05, 4.69) is 26.5 Å². The van der Waals surface area contributed by atoms with Gasteiger partial charge in [-0.2, -0.15) is 0 Å². The number of aliphatic hydroxyl groups is 1. The van der Waals surface area contributed by atoms with Crippen LogP contribution < -0.4 is 14.2 Å². The normalized spacial score (nSPS) is 12.1. The van der Waals surface area contributed by atoms with Crippen LogP contribution in [0.15, 0.2) is 42.5 Å². The molecule has 130 valence electrons. The number of hydrogen-bond donors (Lipinski definition) is 1. The monoisotopic (exact) mass is 322 g/mol. The van der Waals surface area contributed by atoms with Crippen molar-refractivity contribution in [2.75, 3.05) is 21.3 Å². The Morgan fingerprint density at radius 1 is 1.13 bits per heavy atom. The number of methoxy groups -OCH3 is 3. The van der Waals surface area contributed by atoms with Crippen LogP contribution >= 0.6 is 0 Å². The Morgan fingerprint density at radius 2 is 1.74 bits per heavy atom. The summed E-state index contributed by atoms with van der Waals surface area (Å²) in [6.45, 7) is 9.45. The van der Waals surface area contributed by atoms with Gasteiger partial charge in [-0.1, -0.05) is 17.7 Å². The molecule has 0 aliphatic heterocycles. The predicted molar refractivity (Wildman–Crippen MR) is 95.6 cm³/mol. The fraction of sp³-hybridized carbons (Fsp3) is 0.474. The summed E-state index contributed by atoms with van der Waals surface area (Å²) in [7, 11) is 4.81. The summed E-state index contributed by atoms with van der Waals surface area (Å²) in [5.74, 6) is 2.14. The van der Waals surface area contributed by atoms with Crippen LogP contribution in [0.3, 0.4) is 0 Å². The Balaban J connectivity index is 0.000000423. The Hall–Kier alpha value is -1.94. The maximum atomic E-state index is 9.49. The van der Waals surface area contributed by atoms with Crippen molar-refractivity contribution in [3.05, 3.63) is 42.5 Å². The third-order valence-corrected chi connectivity index (χ3v) is 3.23. The van der Waals surface area contributed by atoms with E-state index < -0.39 is 5.60 Å². The quantitative estimate of drug-likeness (QED) is 0.757. The average Bonchev–Trinajstić information content (AvgIpc) is 2.54. The molecule has 1 rings (SSSR count). The molecule has 0 aromatic heterocycles. The van der Waals surface area contributed by atoms with Crippen LogP contribution in [0.5, 0.6) is 17.2 Å². The van der Waals surface area contributed by atoms with E-state index in [9.17, 15) is 5.11 Å². The molecule has 23 heavy (non-hydrogen) atoms. The van der Waals surface area contributed by atoms with Crippen molar-refractivity contribution < 1.29 is 19.3 Å². The SMILES string of the molecule is C=CC(C)(O)CCC=C(C)C.COc1ccc(OC)c(OC)c1. The maximum Gasteiger partial charge on any atom is 0.164 e.